The van der Waals surface area contributed by atoms with Gasteiger partial charge in [-0.1, -0.05) is 6.07 Å². The monoisotopic (exact) mass is 281 g/mol. The van der Waals surface area contributed by atoms with Crippen molar-refractivity contribution in [2.45, 2.75) is 6.42 Å². The molecule has 2 amide bonds. The Kier molecular flexibility index (Phi) is 5.15. The molecule has 0 saturated carbocycles. The Bertz CT molecular complexity index is 557. The van der Waals surface area contributed by atoms with Crippen molar-refractivity contribution in [3.05, 3.63) is 39.9 Å². The summed E-state index contributed by atoms with van der Waals surface area (Å²) >= 11 is 0. The van der Waals surface area contributed by atoms with Crippen LogP contribution in [-0.2, 0) is 14.3 Å². The van der Waals surface area contributed by atoms with Gasteiger partial charge in [-0.15, -0.1) is 0 Å². The third-order valence-electron chi connectivity index (χ3n) is 2.17. The van der Waals surface area contributed by atoms with Crippen LogP contribution in [0.3, 0.4) is 0 Å². The molecular weight excluding hydrogens is 270 g/mol. The van der Waals surface area contributed by atoms with E-state index in [1.165, 1.54) is 18.2 Å². The van der Waals surface area contributed by atoms with Crippen molar-refractivity contribution in [1.29, 1.82) is 0 Å². The van der Waals surface area contributed by atoms with Crippen molar-refractivity contribution >= 4 is 23.5 Å². The highest BCUT2D eigenvalue weighted by Crippen LogP contribution is 2.12. The van der Waals surface area contributed by atoms with Crippen LogP contribution in [0.25, 0.3) is 0 Å². The van der Waals surface area contributed by atoms with Crippen LogP contribution in [0.1, 0.15) is 16.8 Å². The van der Waals surface area contributed by atoms with Gasteiger partial charge in [-0.05, 0) is 6.07 Å². The standard InChI is InChI=1S/C11H11N3O6/c1-20-10(16)6-9(15)12-13-11(17)7-3-2-4-8(5-7)14(18)19/h2-5H,6H2,1H3,(H,12,15)(H,13,17). The predicted molar refractivity (Wildman–Crippen MR) is 65.3 cm³/mol. The first kappa shape index (κ1) is 15.1. The maximum atomic E-state index is 11.6. The number of hydrazine groups is 1. The first-order valence-electron chi connectivity index (χ1n) is 5.34. The van der Waals surface area contributed by atoms with Gasteiger partial charge in [0.1, 0.15) is 6.42 Å². The van der Waals surface area contributed by atoms with E-state index in [0.717, 1.165) is 13.2 Å². The number of non-ortho nitro benzene ring substituents is 1. The molecule has 0 spiro atoms. The Balaban J connectivity index is 2.59. The van der Waals surface area contributed by atoms with Crippen LogP contribution in [0, 0.1) is 10.1 Å². The molecule has 0 atom stereocenters. The molecule has 0 aliphatic heterocycles. The van der Waals surface area contributed by atoms with E-state index >= 15 is 0 Å². The van der Waals surface area contributed by atoms with Gasteiger partial charge < -0.3 is 4.74 Å². The lowest BCUT2D eigenvalue weighted by Crippen LogP contribution is -2.42. The van der Waals surface area contributed by atoms with E-state index in [4.69, 9.17) is 0 Å². The van der Waals surface area contributed by atoms with E-state index in [2.05, 4.69) is 4.74 Å². The first-order valence-corrected chi connectivity index (χ1v) is 5.34. The minimum absolute atomic E-state index is 0.00225. The van der Waals surface area contributed by atoms with Gasteiger partial charge in [0.25, 0.3) is 11.6 Å². The quantitative estimate of drug-likeness (QED) is 0.344. The number of rotatable bonds is 4. The van der Waals surface area contributed by atoms with E-state index in [1.807, 2.05) is 10.9 Å². The second kappa shape index (κ2) is 6.83. The number of carbonyl (C=O) groups excluding carboxylic acids is 3. The second-order valence-corrected chi connectivity index (χ2v) is 3.56. The van der Waals surface area contributed by atoms with Gasteiger partial charge in [0.2, 0.25) is 5.91 Å². The van der Waals surface area contributed by atoms with Gasteiger partial charge >= 0.3 is 5.97 Å². The molecule has 106 valence electrons. The summed E-state index contributed by atoms with van der Waals surface area (Å²) in [5.41, 5.74) is 3.76. The summed E-state index contributed by atoms with van der Waals surface area (Å²) in [5.74, 6) is -2.27. The molecule has 1 aromatic rings. The fourth-order valence-electron chi connectivity index (χ4n) is 1.21. The molecule has 0 bridgehead atoms. The number of amides is 2. The zero-order valence-corrected chi connectivity index (χ0v) is 10.4. The highest BCUT2D eigenvalue weighted by atomic mass is 16.6. The SMILES string of the molecule is COC(=O)CC(=O)NNC(=O)c1cccc([N+](=O)[O-])c1. The number of nitrogens with one attached hydrogen (secondary N) is 2. The highest BCUT2D eigenvalue weighted by molar-refractivity contribution is 5.98. The van der Waals surface area contributed by atoms with Crippen molar-refractivity contribution in [2.24, 2.45) is 0 Å². The fraction of sp³-hybridized carbons (Fsp3) is 0.182. The van der Waals surface area contributed by atoms with E-state index < -0.39 is 29.1 Å². The minimum Gasteiger partial charge on any atom is -0.469 e. The molecule has 0 heterocycles. The highest BCUT2D eigenvalue weighted by Gasteiger charge is 2.13. The van der Waals surface area contributed by atoms with Gasteiger partial charge in [0, 0.05) is 17.7 Å². The molecule has 9 nitrogen and oxygen atoms in total. The Morgan fingerprint density at radius 1 is 1.30 bits per heavy atom. The Hall–Kier alpha value is -2.97. The van der Waals surface area contributed by atoms with Crippen LogP contribution in [0.2, 0.25) is 0 Å². The molecule has 20 heavy (non-hydrogen) atoms. The Labute approximate surface area is 113 Å². The van der Waals surface area contributed by atoms with Crippen LogP contribution < -0.4 is 10.9 Å². The summed E-state index contributed by atoms with van der Waals surface area (Å²) in [7, 11) is 1.12. The summed E-state index contributed by atoms with van der Waals surface area (Å²) < 4.78 is 4.27. The van der Waals surface area contributed by atoms with Gasteiger partial charge in [-0.3, -0.25) is 35.3 Å². The molecule has 0 aliphatic rings. The fourth-order valence-corrected chi connectivity index (χ4v) is 1.21. The molecule has 0 fully saturated rings. The summed E-state index contributed by atoms with van der Waals surface area (Å²) in [6, 6.07) is 4.96. The lowest BCUT2D eigenvalue weighted by atomic mass is 10.2. The zero-order valence-electron chi connectivity index (χ0n) is 10.4. The largest absolute Gasteiger partial charge is 0.469 e. The smallest absolute Gasteiger partial charge is 0.315 e. The molecule has 0 aromatic heterocycles. The molecule has 9 heteroatoms. The maximum absolute atomic E-state index is 11.6. The normalized spacial score (nSPS) is 9.45. The first-order chi connectivity index (χ1) is 9.43. The van der Waals surface area contributed by atoms with Crippen LogP contribution in [-0.4, -0.2) is 29.8 Å². The molecule has 1 rings (SSSR count). The number of nitrogens with zero attached hydrogens (tertiary/aromatic N) is 1. The second-order valence-electron chi connectivity index (χ2n) is 3.56. The topological polar surface area (TPSA) is 128 Å². The third kappa shape index (κ3) is 4.37. The van der Waals surface area contributed by atoms with Crippen LogP contribution in [0.5, 0.6) is 0 Å². The minimum atomic E-state index is -0.768. The Morgan fingerprint density at radius 3 is 2.60 bits per heavy atom. The van der Waals surface area contributed by atoms with Gasteiger partial charge in [-0.2, -0.15) is 0 Å². The van der Waals surface area contributed by atoms with Crippen LogP contribution >= 0.6 is 0 Å². The molecule has 0 aliphatic carbocycles. The van der Waals surface area contributed by atoms with Crippen LogP contribution in [0.4, 0.5) is 5.69 Å². The predicted octanol–water partition coefficient (Wildman–Crippen LogP) is -0.0811. The average molecular weight is 281 g/mol. The molecule has 2 N–H and O–H groups in total. The van der Waals surface area contributed by atoms with Crippen molar-refractivity contribution in [1.82, 2.24) is 10.9 Å². The zero-order chi connectivity index (χ0) is 15.1. The van der Waals surface area contributed by atoms with Gasteiger partial charge in [0.05, 0.1) is 12.0 Å². The number of carbonyl (C=O) groups is 3. The average Bonchev–Trinajstić information content (AvgIpc) is 2.44. The maximum Gasteiger partial charge on any atom is 0.315 e. The van der Waals surface area contributed by atoms with Crippen LogP contribution in [0.15, 0.2) is 24.3 Å². The molecular formula is C11H11N3O6. The van der Waals surface area contributed by atoms with Crippen molar-refractivity contribution in [2.75, 3.05) is 7.11 Å². The number of methoxy groups -OCH3 is 1. The van der Waals surface area contributed by atoms with Crippen molar-refractivity contribution < 1.29 is 24.0 Å². The van der Waals surface area contributed by atoms with Crippen molar-refractivity contribution in [3.8, 4) is 0 Å². The lowest BCUT2D eigenvalue weighted by Gasteiger charge is -2.06. The third-order valence-corrected chi connectivity index (χ3v) is 2.17. The number of nitro groups is 1. The molecule has 0 radical (unpaired) electrons. The lowest BCUT2D eigenvalue weighted by molar-refractivity contribution is -0.384. The van der Waals surface area contributed by atoms with Gasteiger partial charge in [0.15, 0.2) is 0 Å². The number of esters is 1. The summed E-state index contributed by atoms with van der Waals surface area (Å²) in [4.78, 5) is 43.5. The summed E-state index contributed by atoms with van der Waals surface area (Å²) in [6.45, 7) is 0. The Morgan fingerprint density at radius 2 is 2.00 bits per heavy atom. The van der Waals surface area contributed by atoms with E-state index in [1.54, 1.807) is 0 Å². The number of nitro benzene ring substituents is 1. The van der Waals surface area contributed by atoms with E-state index in [-0.39, 0.29) is 11.3 Å². The van der Waals surface area contributed by atoms with E-state index in [9.17, 15) is 24.5 Å². The summed E-state index contributed by atoms with van der Waals surface area (Å²) in [6.07, 6.45) is -0.550. The number of hydrogen-bond acceptors (Lipinski definition) is 6. The number of benzene rings is 1. The molecule has 0 saturated heterocycles. The molecule has 0 unspecified atom stereocenters. The van der Waals surface area contributed by atoms with Gasteiger partial charge in [-0.25, -0.2) is 0 Å². The molecule has 1 aromatic carbocycles. The summed E-state index contributed by atoms with van der Waals surface area (Å²) in [5, 5.41) is 10.5. The number of hydrogen-bond donors (Lipinski definition) is 2. The van der Waals surface area contributed by atoms with E-state index in [0.29, 0.717) is 0 Å². The van der Waals surface area contributed by atoms with Crippen molar-refractivity contribution in [3.63, 3.8) is 0 Å². The number of ether oxygens (including phenoxy) is 1.